The molecule has 0 rings (SSSR count). The van der Waals surface area contributed by atoms with Crippen LogP contribution in [0.4, 0.5) is 0 Å². The van der Waals surface area contributed by atoms with Crippen molar-refractivity contribution in [2.45, 2.75) is 264 Å². The molecule has 0 saturated carbocycles. The van der Waals surface area contributed by atoms with Crippen molar-refractivity contribution in [1.82, 2.24) is 0 Å². The smallest absolute Gasteiger partial charge is 0.306 e. The number of hydrogen-bond donors (Lipinski definition) is 0. The molecule has 0 saturated heterocycles. The number of carbonyl (C=O) groups is 3. The second-order valence-electron chi connectivity index (χ2n) is 16.4. The van der Waals surface area contributed by atoms with E-state index in [1.54, 1.807) is 0 Å². The van der Waals surface area contributed by atoms with Crippen molar-refractivity contribution in [3.8, 4) is 0 Å². The van der Waals surface area contributed by atoms with E-state index >= 15 is 0 Å². The molecule has 0 spiro atoms. The standard InChI is InChI=1S/C50H92O6/c1-4-7-10-13-16-19-22-24-26-28-31-34-37-40-43-49(52)55-46-47(45-54-48(51)42-39-36-33-30-21-18-15-12-9-6-3)56-50(53)44-41-38-35-32-29-27-25-23-20-17-14-11-8-5-2/h22-25,47H,4-21,26-46H2,1-3H3/b24-22-,25-23-. The van der Waals surface area contributed by atoms with Gasteiger partial charge in [0.25, 0.3) is 0 Å². The molecule has 0 aliphatic carbocycles. The van der Waals surface area contributed by atoms with E-state index in [0.29, 0.717) is 19.3 Å². The summed E-state index contributed by atoms with van der Waals surface area (Å²) in [7, 11) is 0. The highest BCUT2D eigenvalue weighted by molar-refractivity contribution is 5.71. The number of ether oxygens (including phenoxy) is 3. The second-order valence-corrected chi connectivity index (χ2v) is 16.4. The first-order chi connectivity index (χ1) is 27.5. The quantitative estimate of drug-likeness (QED) is 0.0265. The molecule has 56 heavy (non-hydrogen) atoms. The molecule has 1 unspecified atom stereocenters. The van der Waals surface area contributed by atoms with Crippen LogP contribution in [0.15, 0.2) is 24.3 Å². The number of rotatable bonds is 44. The van der Waals surface area contributed by atoms with Gasteiger partial charge in [0.15, 0.2) is 6.10 Å². The van der Waals surface area contributed by atoms with E-state index in [2.05, 4.69) is 45.1 Å². The van der Waals surface area contributed by atoms with E-state index in [1.807, 2.05) is 0 Å². The van der Waals surface area contributed by atoms with Crippen molar-refractivity contribution in [1.29, 1.82) is 0 Å². The maximum absolute atomic E-state index is 12.7. The predicted octanol–water partition coefficient (Wildman–Crippen LogP) is 15.6. The van der Waals surface area contributed by atoms with Crippen molar-refractivity contribution < 1.29 is 28.6 Å². The molecule has 0 aliphatic rings. The number of unbranched alkanes of at least 4 members (excludes halogenated alkanes) is 29. The molecule has 0 aliphatic heterocycles. The van der Waals surface area contributed by atoms with Crippen molar-refractivity contribution in [3.63, 3.8) is 0 Å². The van der Waals surface area contributed by atoms with E-state index in [9.17, 15) is 14.4 Å². The van der Waals surface area contributed by atoms with Crippen LogP contribution in [0.3, 0.4) is 0 Å². The zero-order chi connectivity index (χ0) is 40.8. The van der Waals surface area contributed by atoms with Crippen LogP contribution in [-0.2, 0) is 28.6 Å². The maximum Gasteiger partial charge on any atom is 0.306 e. The molecule has 0 aromatic rings. The monoisotopic (exact) mass is 789 g/mol. The molecule has 0 aromatic heterocycles. The van der Waals surface area contributed by atoms with E-state index < -0.39 is 6.10 Å². The highest BCUT2D eigenvalue weighted by Gasteiger charge is 2.19. The average molecular weight is 789 g/mol. The third-order valence-electron chi connectivity index (χ3n) is 10.7. The summed E-state index contributed by atoms with van der Waals surface area (Å²) in [6.45, 7) is 6.60. The van der Waals surface area contributed by atoms with Gasteiger partial charge in [0.2, 0.25) is 0 Å². The fourth-order valence-electron chi connectivity index (χ4n) is 6.96. The lowest BCUT2D eigenvalue weighted by Crippen LogP contribution is -2.30. The van der Waals surface area contributed by atoms with Crippen LogP contribution in [0.2, 0.25) is 0 Å². The van der Waals surface area contributed by atoms with Crippen LogP contribution in [-0.4, -0.2) is 37.2 Å². The average Bonchev–Trinajstić information content (AvgIpc) is 3.19. The fourth-order valence-corrected chi connectivity index (χ4v) is 6.96. The normalized spacial score (nSPS) is 12.1. The summed E-state index contributed by atoms with van der Waals surface area (Å²) in [5.41, 5.74) is 0. The summed E-state index contributed by atoms with van der Waals surface area (Å²) in [5.74, 6) is -0.886. The summed E-state index contributed by atoms with van der Waals surface area (Å²) < 4.78 is 16.7. The SMILES string of the molecule is CCCCCCC/C=C\CCCCCCCC(=O)OCC(COC(=O)CCCCCCCCCCCC)OC(=O)CCCCCCC/C=C\CCCCCCC. The lowest BCUT2D eigenvalue weighted by Gasteiger charge is -2.18. The summed E-state index contributed by atoms with van der Waals surface area (Å²) >= 11 is 0. The van der Waals surface area contributed by atoms with Gasteiger partial charge in [-0.1, -0.05) is 193 Å². The number of hydrogen-bond acceptors (Lipinski definition) is 6. The highest BCUT2D eigenvalue weighted by atomic mass is 16.6. The first-order valence-electron chi connectivity index (χ1n) is 24.3. The topological polar surface area (TPSA) is 78.9 Å². The summed E-state index contributed by atoms with van der Waals surface area (Å²) in [6, 6.07) is 0. The Kier molecular flexibility index (Phi) is 43.9. The Morgan fingerprint density at radius 1 is 0.339 bits per heavy atom. The molecule has 6 nitrogen and oxygen atoms in total. The third-order valence-corrected chi connectivity index (χ3v) is 10.7. The lowest BCUT2D eigenvalue weighted by atomic mass is 10.1. The van der Waals surface area contributed by atoms with E-state index in [4.69, 9.17) is 14.2 Å². The Morgan fingerprint density at radius 2 is 0.589 bits per heavy atom. The molecule has 0 N–H and O–H groups in total. The summed E-state index contributed by atoms with van der Waals surface area (Å²) in [6.07, 6.45) is 50.1. The largest absolute Gasteiger partial charge is 0.462 e. The lowest BCUT2D eigenvalue weighted by molar-refractivity contribution is -0.167. The fraction of sp³-hybridized carbons (Fsp3) is 0.860. The number of esters is 3. The molecule has 0 radical (unpaired) electrons. The van der Waals surface area contributed by atoms with Crippen LogP contribution in [0.25, 0.3) is 0 Å². The van der Waals surface area contributed by atoms with Crippen molar-refractivity contribution in [2.24, 2.45) is 0 Å². The molecule has 328 valence electrons. The van der Waals surface area contributed by atoms with Gasteiger partial charge in [0.05, 0.1) is 0 Å². The van der Waals surface area contributed by atoms with Gasteiger partial charge in [-0.3, -0.25) is 14.4 Å². The van der Waals surface area contributed by atoms with Gasteiger partial charge >= 0.3 is 17.9 Å². The van der Waals surface area contributed by atoms with Crippen LogP contribution >= 0.6 is 0 Å². The molecule has 0 aromatic carbocycles. The Bertz CT molecular complexity index is 911. The molecule has 0 fully saturated rings. The Hall–Kier alpha value is -2.11. The van der Waals surface area contributed by atoms with E-state index in [-0.39, 0.29) is 31.1 Å². The predicted molar refractivity (Wildman–Crippen MR) is 238 cm³/mol. The van der Waals surface area contributed by atoms with Gasteiger partial charge in [-0.25, -0.2) is 0 Å². The van der Waals surface area contributed by atoms with Crippen LogP contribution in [0.1, 0.15) is 258 Å². The van der Waals surface area contributed by atoms with Gasteiger partial charge < -0.3 is 14.2 Å². The minimum atomic E-state index is -0.772. The minimum Gasteiger partial charge on any atom is -0.462 e. The van der Waals surface area contributed by atoms with Crippen molar-refractivity contribution in [2.75, 3.05) is 13.2 Å². The Morgan fingerprint density at radius 3 is 0.893 bits per heavy atom. The third kappa shape index (κ3) is 43.0. The van der Waals surface area contributed by atoms with Crippen LogP contribution in [0.5, 0.6) is 0 Å². The maximum atomic E-state index is 12.7. The highest BCUT2D eigenvalue weighted by Crippen LogP contribution is 2.14. The van der Waals surface area contributed by atoms with Gasteiger partial charge in [-0.15, -0.1) is 0 Å². The van der Waals surface area contributed by atoms with Gasteiger partial charge in [0, 0.05) is 19.3 Å². The molecule has 0 heterocycles. The minimum absolute atomic E-state index is 0.0742. The summed E-state index contributed by atoms with van der Waals surface area (Å²) in [4.78, 5) is 37.8. The summed E-state index contributed by atoms with van der Waals surface area (Å²) in [5, 5.41) is 0. The van der Waals surface area contributed by atoms with Gasteiger partial charge in [0.1, 0.15) is 13.2 Å². The second kappa shape index (κ2) is 45.6. The first kappa shape index (κ1) is 53.9. The van der Waals surface area contributed by atoms with Crippen LogP contribution in [0, 0.1) is 0 Å². The van der Waals surface area contributed by atoms with Crippen molar-refractivity contribution in [3.05, 3.63) is 24.3 Å². The van der Waals surface area contributed by atoms with E-state index in [0.717, 1.165) is 70.6 Å². The zero-order valence-electron chi connectivity index (χ0n) is 37.4. The number of allylic oxidation sites excluding steroid dienone is 4. The van der Waals surface area contributed by atoms with E-state index in [1.165, 1.54) is 148 Å². The number of carbonyl (C=O) groups excluding carboxylic acids is 3. The molecule has 0 bridgehead atoms. The van der Waals surface area contributed by atoms with Crippen molar-refractivity contribution >= 4 is 17.9 Å². The zero-order valence-corrected chi connectivity index (χ0v) is 37.4. The molecule has 1 atom stereocenters. The first-order valence-corrected chi connectivity index (χ1v) is 24.3. The molecule has 0 amide bonds. The molecule has 6 heteroatoms. The molecular formula is C50H92O6. The Labute approximate surface area is 347 Å². The molecular weight excluding hydrogens is 697 g/mol. The van der Waals surface area contributed by atoms with Gasteiger partial charge in [-0.2, -0.15) is 0 Å². The van der Waals surface area contributed by atoms with Gasteiger partial charge in [-0.05, 0) is 70.6 Å². The Balaban J connectivity index is 4.36. The van der Waals surface area contributed by atoms with Crippen LogP contribution < -0.4 is 0 Å².